The minimum Gasteiger partial charge on any atom is -0.258 e. The summed E-state index contributed by atoms with van der Waals surface area (Å²) in [5.74, 6) is 1.45. The van der Waals surface area contributed by atoms with E-state index in [1.165, 1.54) is 37.1 Å². The van der Waals surface area contributed by atoms with Crippen LogP contribution in [0.4, 0.5) is 0 Å². The molecule has 0 atom stereocenters. The van der Waals surface area contributed by atoms with Crippen LogP contribution in [0.1, 0.15) is 56.8 Å². The summed E-state index contributed by atoms with van der Waals surface area (Å²) >= 11 is 0. The maximum Gasteiger partial charge on any atom is 0.0437 e. The third-order valence-corrected chi connectivity index (χ3v) is 3.22. The second-order valence-electron chi connectivity index (χ2n) is 5.13. The number of pyridine rings is 1. The lowest BCUT2D eigenvalue weighted by atomic mass is 10.0. The predicted octanol–water partition coefficient (Wildman–Crippen LogP) is 3.94. The van der Waals surface area contributed by atoms with Gasteiger partial charge in [-0.25, -0.2) is 0 Å². The fourth-order valence-corrected chi connectivity index (χ4v) is 2.48. The van der Waals surface area contributed by atoms with Gasteiger partial charge in [-0.15, -0.1) is 0 Å². The molecule has 1 saturated carbocycles. The van der Waals surface area contributed by atoms with E-state index in [0.717, 1.165) is 12.3 Å². The molecule has 0 spiro atoms. The van der Waals surface area contributed by atoms with Gasteiger partial charge in [-0.3, -0.25) is 4.98 Å². The van der Waals surface area contributed by atoms with E-state index in [2.05, 4.69) is 32.0 Å². The number of nitrogens with zero attached hydrogens (tertiary/aromatic N) is 1. The van der Waals surface area contributed by atoms with Crippen LogP contribution in [0.5, 0.6) is 0 Å². The third kappa shape index (κ3) is 2.80. The first-order chi connectivity index (χ1) is 7.25. The zero-order chi connectivity index (χ0) is 10.7. The summed E-state index contributed by atoms with van der Waals surface area (Å²) in [6.07, 6.45) is 6.58. The molecule has 1 aromatic rings. The number of hydrogen-bond acceptors (Lipinski definition) is 1. The zero-order valence-electron chi connectivity index (χ0n) is 9.87. The molecule has 0 unspecified atom stereocenters. The second-order valence-corrected chi connectivity index (χ2v) is 5.13. The molecule has 1 aromatic heterocycles. The minimum absolute atomic E-state index is 0.705. The smallest absolute Gasteiger partial charge is 0.0437 e. The van der Waals surface area contributed by atoms with E-state index in [-0.39, 0.29) is 0 Å². The van der Waals surface area contributed by atoms with E-state index in [0.29, 0.717) is 5.92 Å². The summed E-state index contributed by atoms with van der Waals surface area (Å²) < 4.78 is 0. The van der Waals surface area contributed by atoms with Crippen LogP contribution in [0.25, 0.3) is 0 Å². The molecule has 0 saturated heterocycles. The molecule has 1 aliphatic rings. The van der Waals surface area contributed by atoms with Crippen LogP contribution >= 0.6 is 0 Å². The van der Waals surface area contributed by atoms with E-state index in [1.807, 2.05) is 0 Å². The lowest BCUT2D eigenvalue weighted by molar-refractivity contribution is 0.623. The standard InChI is InChI=1S/C14H21N/c1-11(2)10-13-8-5-9-14(15-13)12-6-3-4-7-12/h5,8-9,11-12H,3-4,6-7,10H2,1-2H3. The molecule has 1 aliphatic carbocycles. The summed E-state index contributed by atoms with van der Waals surface area (Å²) in [7, 11) is 0. The van der Waals surface area contributed by atoms with Crippen molar-refractivity contribution >= 4 is 0 Å². The highest BCUT2D eigenvalue weighted by molar-refractivity contribution is 5.16. The normalized spacial score (nSPS) is 17.5. The Labute approximate surface area is 92.9 Å². The van der Waals surface area contributed by atoms with Crippen molar-refractivity contribution in [3.05, 3.63) is 29.6 Å². The number of aromatic nitrogens is 1. The van der Waals surface area contributed by atoms with Crippen molar-refractivity contribution in [2.45, 2.75) is 51.9 Å². The highest BCUT2D eigenvalue weighted by Gasteiger charge is 2.18. The molecule has 2 rings (SSSR count). The summed E-state index contributed by atoms with van der Waals surface area (Å²) in [6.45, 7) is 4.51. The number of hydrogen-bond donors (Lipinski definition) is 0. The van der Waals surface area contributed by atoms with Gasteiger partial charge in [0.05, 0.1) is 0 Å². The summed E-state index contributed by atoms with van der Waals surface area (Å²) in [4.78, 5) is 4.79. The topological polar surface area (TPSA) is 12.9 Å². The average Bonchev–Trinajstić information content (AvgIpc) is 2.69. The van der Waals surface area contributed by atoms with Crippen LogP contribution in [-0.2, 0) is 6.42 Å². The fraction of sp³-hybridized carbons (Fsp3) is 0.643. The molecule has 1 fully saturated rings. The first-order valence-corrected chi connectivity index (χ1v) is 6.21. The highest BCUT2D eigenvalue weighted by atomic mass is 14.7. The van der Waals surface area contributed by atoms with Crippen molar-refractivity contribution in [3.63, 3.8) is 0 Å². The van der Waals surface area contributed by atoms with Gasteiger partial charge in [0.25, 0.3) is 0 Å². The largest absolute Gasteiger partial charge is 0.258 e. The Morgan fingerprint density at radius 1 is 1.27 bits per heavy atom. The van der Waals surface area contributed by atoms with Crippen LogP contribution < -0.4 is 0 Å². The van der Waals surface area contributed by atoms with E-state index in [9.17, 15) is 0 Å². The zero-order valence-corrected chi connectivity index (χ0v) is 9.87. The van der Waals surface area contributed by atoms with Crippen molar-refractivity contribution in [2.75, 3.05) is 0 Å². The molecule has 0 aliphatic heterocycles. The maximum absolute atomic E-state index is 4.79. The first kappa shape index (κ1) is 10.7. The summed E-state index contributed by atoms with van der Waals surface area (Å²) in [5.41, 5.74) is 2.61. The van der Waals surface area contributed by atoms with Gasteiger partial charge in [0.1, 0.15) is 0 Å². The van der Waals surface area contributed by atoms with Crippen molar-refractivity contribution in [2.24, 2.45) is 5.92 Å². The van der Waals surface area contributed by atoms with E-state index >= 15 is 0 Å². The van der Waals surface area contributed by atoms with Crippen molar-refractivity contribution in [3.8, 4) is 0 Å². The third-order valence-electron chi connectivity index (χ3n) is 3.22. The first-order valence-electron chi connectivity index (χ1n) is 6.21. The van der Waals surface area contributed by atoms with Gasteiger partial charge < -0.3 is 0 Å². The SMILES string of the molecule is CC(C)Cc1cccc(C2CCCC2)n1. The molecule has 1 nitrogen and oxygen atoms in total. The lowest BCUT2D eigenvalue weighted by Gasteiger charge is -2.11. The monoisotopic (exact) mass is 203 g/mol. The summed E-state index contributed by atoms with van der Waals surface area (Å²) in [6, 6.07) is 6.55. The quantitative estimate of drug-likeness (QED) is 0.725. The Bertz CT molecular complexity index is 311. The second kappa shape index (κ2) is 4.78. The predicted molar refractivity (Wildman–Crippen MR) is 64.0 cm³/mol. The van der Waals surface area contributed by atoms with Gasteiger partial charge in [-0.1, -0.05) is 32.8 Å². The molecule has 0 bridgehead atoms. The van der Waals surface area contributed by atoms with Crippen LogP contribution in [-0.4, -0.2) is 4.98 Å². The number of rotatable bonds is 3. The lowest BCUT2D eigenvalue weighted by Crippen LogP contribution is -2.02. The Morgan fingerprint density at radius 3 is 2.67 bits per heavy atom. The molecular weight excluding hydrogens is 182 g/mol. The molecule has 1 heterocycles. The molecule has 15 heavy (non-hydrogen) atoms. The van der Waals surface area contributed by atoms with Crippen molar-refractivity contribution < 1.29 is 0 Å². The van der Waals surface area contributed by atoms with Gasteiger partial charge >= 0.3 is 0 Å². The van der Waals surface area contributed by atoms with E-state index in [1.54, 1.807) is 0 Å². The Balaban J connectivity index is 2.11. The molecular formula is C14H21N. The van der Waals surface area contributed by atoms with Crippen molar-refractivity contribution in [1.82, 2.24) is 4.98 Å². The summed E-state index contributed by atoms with van der Waals surface area (Å²) in [5, 5.41) is 0. The molecule has 0 amide bonds. The maximum atomic E-state index is 4.79. The van der Waals surface area contributed by atoms with Gasteiger partial charge in [0.15, 0.2) is 0 Å². The van der Waals surface area contributed by atoms with Crippen LogP contribution in [0.3, 0.4) is 0 Å². The fourth-order valence-electron chi connectivity index (χ4n) is 2.48. The van der Waals surface area contributed by atoms with Crippen LogP contribution in [0, 0.1) is 5.92 Å². The molecule has 0 aromatic carbocycles. The van der Waals surface area contributed by atoms with E-state index < -0.39 is 0 Å². The molecule has 0 radical (unpaired) electrons. The van der Waals surface area contributed by atoms with Crippen LogP contribution in [0.15, 0.2) is 18.2 Å². The Morgan fingerprint density at radius 2 is 2.00 bits per heavy atom. The van der Waals surface area contributed by atoms with Gasteiger partial charge in [-0.2, -0.15) is 0 Å². The highest BCUT2D eigenvalue weighted by Crippen LogP contribution is 2.32. The molecule has 1 heteroatoms. The average molecular weight is 203 g/mol. The molecule has 0 N–H and O–H groups in total. The Hall–Kier alpha value is -0.850. The Kier molecular flexibility index (Phi) is 3.40. The van der Waals surface area contributed by atoms with Gasteiger partial charge in [0.2, 0.25) is 0 Å². The molecule has 82 valence electrons. The van der Waals surface area contributed by atoms with Crippen LogP contribution in [0.2, 0.25) is 0 Å². The minimum atomic E-state index is 0.705. The van der Waals surface area contributed by atoms with Gasteiger partial charge in [0, 0.05) is 17.3 Å². The van der Waals surface area contributed by atoms with Crippen molar-refractivity contribution in [1.29, 1.82) is 0 Å². The van der Waals surface area contributed by atoms with Gasteiger partial charge in [-0.05, 0) is 37.3 Å². The van der Waals surface area contributed by atoms with E-state index in [4.69, 9.17) is 4.98 Å².